The summed E-state index contributed by atoms with van der Waals surface area (Å²) in [4.78, 5) is 12.1. The van der Waals surface area contributed by atoms with Crippen molar-refractivity contribution in [1.82, 2.24) is 5.32 Å². The SMILES string of the molecule is CCOc1ccc(CNC(=O)/C=C/c2ccc(OC)c(OC)c2)cc1OC. The number of nitrogens with one attached hydrogen (secondary N) is 1. The Morgan fingerprint density at radius 3 is 2.26 bits per heavy atom. The topological polar surface area (TPSA) is 66.0 Å². The van der Waals surface area contributed by atoms with E-state index < -0.39 is 0 Å². The molecule has 1 amide bonds. The van der Waals surface area contributed by atoms with E-state index in [-0.39, 0.29) is 5.91 Å². The molecule has 0 aliphatic rings. The van der Waals surface area contributed by atoms with Crippen molar-refractivity contribution in [1.29, 1.82) is 0 Å². The van der Waals surface area contributed by atoms with Gasteiger partial charge < -0.3 is 24.3 Å². The minimum absolute atomic E-state index is 0.197. The number of carbonyl (C=O) groups is 1. The first-order valence-electron chi connectivity index (χ1n) is 8.59. The maximum absolute atomic E-state index is 12.1. The number of methoxy groups -OCH3 is 3. The van der Waals surface area contributed by atoms with Gasteiger partial charge in [-0.3, -0.25) is 4.79 Å². The van der Waals surface area contributed by atoms with Crippen molar-refractivity contribution < 1.29 is 23.7 Å². The zero-order chi connectivity index (χ0) is 19.6. The first kappa shape index (κ1) is 20.2. The van der Waals surface area contributed by atoms with Crippen LogP contribution in [0.5, 0.6) is 23.0 Å². The first-order chi connectivity index (χ1) is 13.1. The van der Waals surface area contributed by atoms with Gasteiger partial charge in [-0.1, -0.05) is 12.1 Å². The van der Waals surface area contributed by atoms with Crippen LogP contribution in [0.2, 0.25) is 0 Å². The molecule has 0 aliphatic carbocycles. The number of ether oxygens (including phenoxy) is 4. The van der Waals surface area contributed by atoms with Gasteiger partial charge in [-0.25, -0.2) is 0 Å². The molecule has 0 saturated heterocycles. The van der Waals surface area contributed by atoms with E-state index in [4.69, 9.17) is 18.9 Å². The maximum Gasteiger partial charge on any atom is 0.244 e. The van der Waals surface area contributed by atoms with E-state index in [0.29, 0.717) is 36.1 Å². The van der Waals surface area contributed by atoms with Gasteiger partial charge in [0.1, 0.15) is 0 Å². The molecule has 27 heavy (non-hydrogen) atoms. The van der Waals surface area contributed by atoms with Crippen molar-refractivity contribution in [2.24, 2.45) is 0 Å². The molecule has 2 rings (SSSR count). The maximum atomic E-state index is 12.1. The van der Waals surface area contributed by atoms with Crippen LogP contribution in [0.15, 0.2) is 42.5 Å². The fraction of sp³-hybridized carbons (Fsp3) is 0.286. The Labute approximate surface area is 159 Å². The van der Waals surface area contributed by atoms with Gasteiger partial charge >= 0.3 is 0 Å². The van der Waals surface area contributed by atoms with Crippen LogP contribution in [0.25, 0.3) is 6.08 Å². The van der Waals surface area contributed by atoms with Crippen LogP contribution in [-0.4, -0.2) is 33.8 Å². The van der Waals surface area contributed by atoms with Crippen molar-refractivity contribution in [2.75, 3.05) is 27.9 Å². The Balaban J connectivity index is 1.97. The van der Waals surface area contributed by atoms with E-state index in [1.165, 1.54) is 6.08 Å². The number of hydrogen-bond acceptors (Lipinski definition) is 5. The lowest BCUT2D eigenvalue weighted by Gasteiger charge is -2.11. The number of amides is 1. The van der Waals surface area contributed by atoms with Gasteiger partial charge in [-0.15, -0.1) is 0 Å². The predicted molar refractivity (Wildman–Crippen MR) is 105 cm³/mol. The Morgan fingerprint density at radius 2 is 1.59 bits per heavy atom. The molecule has 0 heterocycles. The van der Waals surface area contributed by atoms with Gasteiger partial charge in [0.15, 0.2) is 23.0 Å². The van der Waals surface area contributed by atoms with Crippen LogP contribution in [0, 0.1) is 0 Å². The summed E-state index contributed by atoms with van der Waals surface area (Å²) in [6, 6.07) is 11.0. The summed E-state index contributed by atoms with van der Waals surface area (Å²) < 4.78 is 21.3. The summed E-state index contributed by atoms with van der Waals surface area (Å²) >= 11 is 0. The minimum Gasteiger partial charge on any atom is -0.493 e. The monoisotopic (exact) mass is 371 g/mol. The molecule has 2 aromatic carbocycles. The quantitative estimate of drug-likeness (QED) is 0.684. The van der Waals surface area contributed by atoms with Gasteiger partial charge in [-0.05, 0) is 48.4 Å². The molecule has 0 radical (unpaired) electrons. The normalized spacial score (nSPS) is 10.5. The molecule has 0 aliphatic heterocycles. The summed E-state index contributed by atoms with van der Waals surface area (Å²) in [6.45, 7) is 2.86. The molecule has 6 nitrogen and oxygen atoms in total. The third-order valence-electron chi connectivity index (χ3n) is 3.83. The smallest absolute Gasteiger partial charge is 0.244 e. The zero-order valence-corrected chi connectivity index (χ0v) is 16.1. The van der Waals surface area contributed by atoms with Crippen LogP contribution in [0.3, 0.4) is 0 Å². The molecule has 0 fully saturated rings. The van der Waals surface area contributed by atoms with Crippen molar-refractivity contribution in [3.8, 4) is 23.0 Å². The first-order valence-corrected chi connectivity index (χ1v) is 8.59. The van der Waals surface area contributed by atoms with Gasteiger partial charge in [0, 0.05) is 12.6 Å². The van der Waals surface area contributed by atoms with Crippen LogP contribution in [-0.2, 0) is 11.3 Å². The van der Waals surface area contributed by atoms with Crippen molar-refractivity contribution in [3.63, 3.8) is 0 Å². The average Bonchev–Trinajstić information content (AvgIpc) is 2.71. The Bertz CT molecular complexity index is 801. The molecule has 2 aromatic rings. The van der Waals surface area contributed by atoms with Crippen molar-refractivity contribution in [3.05, 3.63) is 53.6 Å². The summed E-state index contributed by atoms with van der Waals surface area (Å²) in [6.07, 6.45) is 3.20. The van der Waals surface area contributed by atoms with Gasteiger partial charge in [0.05, 0.1) is 27.9 Å². The molecule has 0 aromatic heterocycles. The molecule has 0 atom stereocenters. The molecular formula is C21H25NO5. The second kappa shape index (κ2) is 10.1. The second-order valence-electron chi connectivity index (χ2n) is 5.58. The molecule has 144 valence electrons. The second-order valence-corrected chi connectivity index (χ2v) is 5.58. The lowest BCUT2D eigenvalue weighted by molar-refractivity contribution is -0.116. The van der Waals surface area contributed by atoms with Crippen LogP contribution < -0.4 is 24.3 Å². The highest BCUT2D eigenvalue weighted by Gasteiger charge is 2.06. The van der Waals surface area contributed by atoms with Crippen LogP contribution in [0.4, 0.5) is 0 Å². The predicted octanol–water partition coefficient (Wildman–Crippen LogP) is 3.44. The third-order valence-corrected chi connectivity index (χ3v) is 3.83. The summed E-state index contributed by atoms with van der Waals surface area (Å²) in [5.41, 5.74) is 1.76. The number of benzene rings is 2. The van der Waals surface area contributed by atoms with Gasteiger partial charge in [0.25, 0.3) is 0 Å². The summed E-state index contributed by atoms with van der Waals surface area (Å²) in [5, 5.41) is 2.85. The Kier molecular flexibility index (Phi) is 7.55. The lowest BCUT2D eigenvalue weighted by Crippen LogP contribution is -2.20. The molecule has 0 saturated carbocycles. The van der Waals surface area contributed by atoms with Crippen molar-refractivity contribution >= 4 is 12.0 Å². The molecule has 1 N–H and O–H groups in total. The van der Waals surface area contributed by atoms with E-state index in [1.54, 1.807) is 39.5 Å². The average molecular weight is 371 g/mol. The third kappa shape index (κ3) is 5.67. The van der Waals surface area contributed by atoms with Gasteiger partial charge in [0.2, 0.25) is 5.91 Å². The number of hydrogen-bond donors (Lipinski definition) is 1. The molecule has 0 bridgehead atoms. The fourth-order valence-corrected chi connectivity index (χ4v) is 2.47. The summed E-state index contributed by atoms with van der Waals surface area (Å²) in [5.74, 6) is 2.38. The largest absolute Gasteiger partial charge is 0.493 e. The van der Waals surface area contributed by atoms with E-state index >= 15 is 0 Å². The van der Waals surface area contributed by atoms with Crippen molar-refractivity contribution in [2.45, 2.75) is 13.5 Å². The van der Waals surface area contributed by atoms with Crippen LogP contribution >= 0.6 is 0 Å². The highest BCUT2D eigenvalue weighted by molar-refractivity contribution is 5.91. The molecular weight excluding hydrogens is 346 g/mol. The van der Waals surface area contributed by atoms with E-state index in [0.717, 1.165) is 11.1 Å². The molecule has 0 spiro atoms. The lowest BCUT2D eigenvalue weighted by atomic mass is 10.1. The highest BCUT2D eigenvalue weighted by Crippen LogP contribution is 2.28. The minimum atomic E-state index is -0.197. The van der Waals surface area contributed by atoms with E-state index in [1.807, 2.05) is 31.2 Å². The summed E-state index contributed by atoms with van der Waals surface area (Å²) in [7, 11) is 4.74. The van der Waals surface area contributed by atoms with Gasteiger partial charge in [-0.2, -0.15) is 0 Å². The number of carbonyl (C=O) groups excluding carboxylic acids is 1. The highest BCUT2D eigenvalue weighted by atomic mass is 16.5. The van der Waals surface area contributed by atoms with E-state index in [2.05, 4.69) is 5.32 Å². The van der Waals surface area contributed by atoms with Crippen LogP contribution in [0.1, 0.15) is 18.1 Å². The standard InChI is InChI=1S/C21H25NO5/c1-5-27-18-10-7-16(13-20(18)26-4)14-22-21(23)11-8-15-6-9-17(24-2)19(12-15)25-3/h6-13H,5,14H2,1-4H3,(H,22,23)/b11-8+. The molecule has 6 heteroatoms. The van der Waals surface area contributed by atoms with E-state index in [9.17, 15) is 4.79 Å². The Hall–Kier alpha value is -3.15. The Morgan fingerprint density at radius 1 is 0.926 bits per heavy atom. The fourth-order valence-electron chi connectivity index (χ4n) is 2.47. The number of rotatable bonds is 9. The zero-order valence-electron chi connectivity index (χ0n) is 16.1. The molecule has 0 unspecified atom stereocenters.